The number of hydrogen-bond donors (Lipinski definition) is 0. The van der Waals surface area contributed by atoms with Crippen LogP contribution >= 0.6 is 23.2 Å². The van der Waals surface area contributed by atoms with E-state index in [1.165, 1.54) is 6.07 Å². The van der Waals surface area contributed by atoms with Crippen molar-refractivity contribution in [2.75, 3.05) is 18.0 Å². The van der Waals surface area contributed by atoms with E-state index in [0.717, 1.165) is 0 Å². The van der Waals surface area contributed by atoms with E-state index < -0.39 is 5.82 Å². The van der Waals surface area contributed by atoms with Gasteiger partial charge in [0.1, 0.15) is 5.69 Å². The Balaban J connectivity index is 2.28. The molecule has 6 heteroatoms. The average molecular weight is 258 g/mol. The van der Waals surface area contributed by atoms with Crippen LogP contribution in [0.5, 0.6) is 0 Å². The van der Waals surface area contributed by atoms with Gasteiger partial charge in [-0.1, -0.05) is 23.2 Å². The largest absolute Gasteiger partial charge is 0.320 e. The van der Waals surface area contributed by atoms with Crippen molar-refractivity contribution < 1.29 is 4.39 Å². The van der Waals surface area contributed by atoms with Crippen LogP contribution in [-0.2, 0) is 0 Å². The second-order valence-electron chi connectivity index (χ2n) is 3.51. The Morgan fingerprint density at radius 2 is 2.12 bits per heavy atom. The Bertz CT molecular complexity index is 539. The number of aliphatic imine (C=N–C) groups is 2. The molecule has 1 aromatic carbocycles. The van der Waals surface area contributed by atoms with Crippen LogP contribution < -0.4 is 4.90 Å². The van der Waals surface area contributed by atoms with Crippen LogP contribution in [0.1, 0.15) is 0 Å². The highest BCUT2D eigenvalue weighted by Crippen LogP contribution is 2.39. The Labute approximate surface area is 101 Å². The maximum atomic E-state index is 13.6. The maximum Gasteiger partial charge on any atom is 0.172 e. The monoisotopic (exact) mass is 257 g/mol. The van der Waals surface area contributed by atoms with Crippen molar-refractivity contribution in [2.24, 2.45) is 9.98 Å². The molecule has 0 bridgehead atoms. The minimum atomic E-state index is -0.466. The molecule has 0 unspecified atom stereocenters. The lowest BCUT2D eigenvalue weighted by Gasteiger charge is -2.25. The van der Waals surface area contributed by atoms with Gasteiger partial charge in [-0.15, -0.1) is 0 Å². The zero-order valence-corrected chi connectivity index (χ0v) is 9.56. The van der Waals surface area contributed by atoms with Crippen molar-refractivity contribution >= 4 is 45.6 Å². The number of amidine groups is 1. The van der Waals surface area contributed by atoms with Gasteiger partial charge in [-0.05, 0) is 12.1 Å². The summed E-state index contributed by atoms with van der Waals surface area (Å²) < 4.78 is 13.6. The lowest BCUT2D eigenvalue weighted by atomic mass is 10.2. The van der Waals surface area contributed by atoms with Gasteiger partial charge in [0.15, 0.2) is 16.8 Å². The predicted octanol–water partition coefficient (Wildman–Crippen LogP) is 2.98. The van der Waals surface area contributed by atoms with Gasteiger partial charge in [0, 0.05) is 11.6 Å². The number of fused-ring (bicyclic) bond motifs is 3. The number of hydrogen-bond acceptors (Lipinski definition) is 3. The minimum absolute atomic E-state index is 0.228. The number of anilines is 1. The SMILES string of the molecule is Fc1cc(Cl)cc2c1N=C(Cl)C1=NCCN12. The van der Waals surface area contributed by atoms with Crippen molar-refractivity contribution in [3.8, 4) is 0 Å². The summed E-state index contributed by atoms with van der Waals surface area (Å²) in [4.78, 5) is 10.0. The molecule has 2 aliphatic rings. The standard InChI is InChI=1S/C10H6Cl2FN3/c11-5-3-6(13)8-7(4-5)16-2-1-14-10(16)9(12)15-8/h3-4H,1-2H2. The first-order valence-corrected chi connectivity index (χ1v) is 5.48. The summed E-state index contributed by atoms with van der Waals surface area (Å²) in [7, 11) is 0. The molecule has 0 fully saturated rings. The molecule has 0 saturated carbocycles. The third-order valence-electron chi connectivity index (χ3n) is 2.53. The summed E-state index contributed by atoms with van der Waals surface area (Å²) in [6, 6.07) is 2.90. The summed E-state index contributed by atoms with van der Waals surface area (Å²) in [5.41, 5.74) is 0.862. The van der Waals surface area contributed by atoms with Gasteiger partial charge < -0.3 is 4.90 Å². The first-order valence-electron chi connectivity index (χ1n) is 4.72. The molecular weight excluding hydrogens is 252 g/mol. The summed E-state index contributed by atoms with van der Waals surface area (Å²) in [6.45, 7) is 1.31. The van der Waals surface area contributed by atoms with E-state index in [9.17, 15) is 4.39 Å². The molecule has 0 spiro atoms. The summed E-state index contributed by atoms with van der Waals surface area (Å²) in [6.07, 6.45) is 0. The highest BCUT2D eigenvalue weighted by atomic mass is 35.5. The zero-order chi connectivity index (χ0) is 11.3. The van der Waals surface area contributed by atoms with Crippen molar-refractivity contribution in [3.63, 3.8) is 0 Å². The minimum Gasteiger partial charge on any atom is -0.320 e. The molecule has 3 rings (SSSR count). The molecule has 2 aliphatic heterocycles. The molecule has 82 valence electrons. The average Bonchev–Trinajstić information content (AvgIpc) is 2.69. The van der Waals surface area contributed by atoms with E-state index in [0.29, 0.717) is 29.6 Å². The van der Waals surface area contributed by atoms with E-state index in [1.54, 1.807) is 6.07 Å². The van der Waals surface area contributed by atoms with Gasteiger partial charge in [-0.25, -0.2) is 9.38 Å². The van der Waals surface area contributed by atoms with E-state index in [4.69, 9.17) is 23.2 Å². The lowest BCUT2D eigenvalue weighted by molar-refractivity contribution is 0.630. The highest BCUT2D eigenvalue weighted by molar-refractivity contribution is 6.85. The molecule has 0 N–H and O–H groups in total. The number of benzene rings is 1. The Morgan fingerprint density at radius 1 is 1.31 bits per heavy atom. The summed E-state index contributed by atoms with van der Waals surface area (Å²) >= 11 is 11.8. The first kappa shape index (κ1) is 10.1. The molecule has 0 atom stereocenters. The van der Waals surface area contributed by atoms with Crippen LogP contribution in [0.15, 0.2) is 22.1 Å². The highest BCUT2D eigenvalue weighted by Gasteiger charge is 2.30. The third-order valence-corrected chi connectivity index (χ3v) is 3.01. The van der Waals surface area contributed by atoms with Gasteiger partial charge in [-0.3, -0.25) is 4.99 Å². The summed E-state index contributed by atoms with van der Waals surface area (Å²) in [5, 5.41) is 0.571. The second-order valence-corrected chi connectivity index (χ2v) is 4.31. The van der Waals surface area contributed by atoms with Crippen LogP contribution in [0.4, 0.5) is 15.8 Å². The fourth-order valence-corrected chi connectivity index (χ4v) is 2.32. The van der Waals surface area contributed by atoms with Crippen molar-refractivity contribution in [2.45, 2.75) is 0 Å². The normalized spacial score (nSPS) is 17.8. The molecular formula is C10H6Cl2FN3. The third kappa shape index (κ3) is 1.33. The topological polar surface area (TPSA) is 28.0 Å². The van der Waals surface area contributed by atoms with Gasteiger partial charge >= 0.3 is 0 Å². The van der Waals surface area contributed by atoms with Crippen LogP contribution in [-0.4, -0.2) is 24.1 Å². The summed E-state index contributed by atoms with van der Waals surface area (Å²) in [5.74, 6) is 0.127. The van der Waals surface area contributed by atoms with Gasteiger partial charge in [0.05, 0.1) is 12.2 Å². The van der Waals surface area contributed by atoms with E-state index >= 15 is 0 Å². The molecule has 0 saturated heterocycles. The molecule has 0 aromatic heterocycles. The fraction of sp³-hybridized carbons (Fsp3) is 0.200. The molecule has 2 heterocycles. The molecule has 0 radical (unpaired) electrons. The van der Waals surface area contributed by atoms with Crippen molar-refractivity contribution in [1.29, 1.82) is 0 Å². The quantitative estimate of drug-likeness (QED) is 0.703. The van der Waals surface area contributed by atoms with E-state index in [-0.39, 0.29) is 10.9 Å². The molecule has 16 heavy (non-hydrogen) atoms. The fourth-order valence-electron chi connectivity index (χ4n) is 1.88. The first-order chi connectivity index (χ1) is 7.66. The van der Waals surface area contributed by atoms with Crippen LogP contribution in [0.25, 0.3) is 0 Å². The second kappa shape index (κ2) is 3.43. The van der Waals surface area contributed by atoms with Gasteiger partial charge in [0.25, 0.3) is 0 Å². The predicted molar refractivity (Wildman–Crippen MR) is 64.0 cm³/mol. The molecule has 1 aromatic rings. The Morgan fingerprint density at radius 3 is 2.94 bits per heavy atom. The molecule has 0 amide bonds. The molecule has 3 nitrogen and oxygen atoms in total. The number of nitrogens with zero attached hydrogens (tertiary/aromatic N) is 3. The van der Waals surface area contributed by atoms with Crippen LogP contribution in [0, 0.1) is 5.82 Å². The maximum absolute atomic E-state index is 13.6. The van der Waals surface area contributed by atoms with Crippen LogP contribution in [0.3, 0.4) is 0 Å². The smallest absolute Gasteiger partial charge is 0.172 e. The zero-order valence-electron chi connectivity index (χ0n) is 8.04. The van der Waals surface area contributed by atoms with Gasteiger partial charge in [-0.2, -0.15) is 0 Å². The van der Waals surface area contributed by atoms with Crippen molar-refractivity contribution in [3.05, 3.63) is 23.0 Å². The van der Waals surface area contributed by atoms with Crippen LogP contribution in [0.2, 0.25) is 5.02 Å². The van der Waals surface area contributed by atoms with Crippen molar-refractivity contribution in [1.82, 2.24) is 0 Å². The lowest BCUT2D eigenvalue weighted by Crippen LogP contribution is -2.33. The number of rotatable bonds is 0. The van der Waals surface area contributed by atoms with Gasteiger partial charge in [0.2, 0.25) is 0 Å². The molecule has 0 aliphatic carbocycles. The van der Waals surface area contributed by atoms with E-state index in [2.05, 4.69) is 9.98 Å². The van der Waals surface area contributed by atoms with E-state index in [1.807, 2.05) is 4.90 Å². The Hall–Kier alpha value is -1.13. The Kier molecular flexibility index (Phi) is 2.16. The number of halogens is 3.